The highest BCUT2D eigenvalue weighted by molar-refractivity contribution is 6.30. The predicted octanol–water partition coefficient (Wildman–Crippen LogP) is 3.60. The molecule has 3 fully saturated rings. The Morgan fingerprint density at radius 1 is 1.28 bits per heavy atom. The maximum Gasteiger partial charge on any atom is 0.313 e. The lowest BCUT2D eigenvalue weighted by Gasteiger charge is -2.52. The lowest BCUT2D eigenvalue weighted by Crippen LogP contribution is -2.58. The van der Waals surface area contributed by atoms with E-state index in [-0.39, 0.29) is 11.4 Å². The van der Waals surface area contributed by atoms with E-state index in [1.807, 2.05) is 25.1 Å². The first-order valence-corrected chi connectivity index (χ1v) is 11.4. The van der Waals surface area contributed by atoms with E-state index in [0.29, 0.717) is 18.6 Å². The van der Waals surface area contributed by atoms with Gasteiger partial charge >= 0.3 is 5.97 Å². The molecule has 0 spiro atoms. The van der Waals surface area contributed by atoms with Gasteiger partial charge in [-0.3, -0.25) is 14.6 Å². The fraction of sp³-hybridized carbons (Fsp3) is 0.696. The third-order valence-electron chi connectivity index (χ3n) is 7.10. The molecule has 1 aromatic rings. The summed E-state index contributed by atoms with van der Waals surface area (Å²) >= 11 is 6.18. The van der Waals surface area contributed by atoms with Crippen LogP contribution in [-0.4, -0.2) is 67.8 Å². The van der Waals surface area contributed by atoms with Gasteiger partial charge in [-0.05, 0) is 62.8 Å². The molecule has 0 amide bonds. The fourth-order valence-electron chi connectivity index (χ4n) is 5.63. The molecule has 2 aliphatic heterocycles. The lowest BCUT2D eigenvalue weighted by molar-refractivity contribution is -0.170. The molecule has 1 aromatic carbocycles. The van der Waals surface area contributed by atoms with Crippen LogP contribution in [-0.2, 0) is 20.8 Å². The van der Waals surface area contributed by atoms with Crippen molar-refractivity contribution >= 4 is 17.6 Å². The Labute approximate surface area is 179 Å². The molecule has 3 atom stereocenters. The van der Waals surface area contributed by atoms with Crippen molar-refractivity contribution in [2.45, 2.75) is 45.2 Å². The monoisotopic (exact) mass is 420 g/mol. The minimum atomic E-state index is -0.365. The van der Waals surface area contributed by atoms with Gasteiger partial charge in [0.1, 0.15) is 0 Å². The molecular formula is C23H33ClN2O3. The van der Waals surface area contributed by atoms with Crippen LogP contribution in [0.25, 0.3) is 0 Å². The molecule has 6 heteroatoms. The number of hydrogen-bond donors (Lipinski definition) is 0. The zero-order valence-corrected chi connectivity index (χ0v) is 18.2. The number of halogens is 1. The largest absolute Gasteiger partial charge is 0.466 e. The van der Waals surface area contributed by atoms with E-state index in [9.17, 15) is 4.79 Å². The Morgan fingerprint density at radius 2 is 2.10 bits per heavy atom. The zero-order chi connectivity index (χ0) is 20.3. The van der Waals surface area contributed by atoms with Gasteiger partial charge in [0.15, 0.2) is 0 Å². The Morgan fingerprint density at radius 3 is 2.86 bits per heavy atom. The van der Waals surface area contributed by atoms with E-state index in [2.05, 4.69) is 15.9 Å². The fourth-order valence-corrected chi connectivity index (χ4v) is 5.84. The summed E-state index contributed by atoms with van der Waals surface area (Å²) in [5.41, 5.74) is 0.840. The maximum atomic E-state index is 13.2. The van der Waals surface area contributed by atoms with Crippen LogP contribution in [0.3, 0.4) is 0 Å². The number of carbonyl (C=O) groups excluding carboxylic acids is 1. The molecule has 0 radical (unpaired) electrons. The Balaban J connectivity index is 1.48. The number of nitrogens with zero attached hydrogens (tertiary/aromatic N) is 2. The summed E-state index contributed by atoms with van der Waals surface area (Å²) < 4.78 is 11.2. The molecule has 4 rings (SSSR count). The van der Waals surface area contributed by atoms with Gasteiger partial charge < -0.3 is 9.47 Å². The molecule has 0 unspecified atom stereocenters. The maximum absolute atomic E-state index is 13.2. The molecule has 3 aliphatic rings. The second-order valence-corrected chi connectivity index (χ2v) is 9.22. The smallest absolute Gasteiger partial charge is 0.313 e. The normalized spacial score (nSPS) is 31.2. The molecule has 1 saturated carbocycles. The van der Waals surface area contributed by atoms with Crippen molar-refractivity contribution in [2.75, 3.05) is 46.0 Å². The first-order chi connectivity index (χ1) is 14.1. The number of morpholine rings is 1. The number of likely N-dealkylation sites (tertiary alicyclic amines) is 1. The summed E-state index contributed by atoms with van der Waals surface area (Å²) in [6, 6.07) is 8.62. The van der Waals surface area contributed by atoms with E-state index in [0.717, 1.165) is 76.6 Å². The molecule has 1 aliphatic carbocycles. The van der Waals surface area contributed by atoms with Gasteiger partial charge in [0.05, 0.1) is 25.2 Å². The third-order valence-corrected chi connectivity index (χ3v) is 7.34. The van der Waals surface area contributed by atoms with Gasteiger partial charge in [-0.15, -0.1) is 0 Å². The number of fused-ring (bicyclic) bond motifs is 1. The highest BCUT2D eigenvalue weighted by Gasteiger charge is 2.53. The van der Waals surface area contributed by atoms with Gasteiger partial charge in [0.2, 0.25) is 0 Å². The van der Waals surface area contributed by atoms with Gasteiger partial charge in [-0.1, -0.05) is 23.7 Å². The zero-order valence-electron chi connectivity index (χ0n) is 17.4. The van der Waals surface area contributed by atoms with E-state index < -0.39 is 0 Å². The number of esters is 1. The third kappa shape index (κ3) is 4.63. The van der Waals surface area contributed by atoms with Crippen molar-refractivity contribution in [1.82, 2.24) is 9.80 Å². The Kier molecular flexibility index (Phi) is 6.80. The van der Waals surface area contributed by atoms with Crippen molar-refractivity contribution in [2.24, 2.45) is 11.3 Å². The molecule has 2 heterocycles. The van der Waals surface area contributed by atoms with Crippen molar-refractivity contribution in [3.05, 3.63) is 34.9 Å². The number of hydrogen-bond acceptors (Lipinski definition) is 5. The Bertz CT molecular complexity index is 709. The summed E-state index contributed by atoms with van der Waals surface area (Å²) in [5.74, 6) is 0.417. The van der Waals surface area contributed by atoms with Crippen molar-refractivity contribution in [3.8, 4) is 0 Å². The van der Waals surface area contributed by atoms with Crippen molar-refractivity contribution < 1.29 is 14.3 Å². The van der Waals surface area contributed by atoms with Crippen LogP contribution in [0.15, 0.2) is 24.3 Å². The first kappa shape index (κ1) is 21.1. The summed E-state index contributed by atoms with van der Waals surface area (Å²) in [7, 11) is 0. The minimum Gasteiger partial charge on any atom is -0.466 e. The average Bonchev–Trinajstić information content (AvgIpc) is 2.74. The number of benzene rings is 1. The average molecular weight is 421 g/mol. The number of rotatable bonds is 5. The van der Waals surface area contributed by atoms with E-state index in [1.54, 1.807) is 0 Å². The molecule has 0 N–H and O–H groups in total. The standard InChI is InChI=1S/C23H33ClN2O3/c1-2-29-22(27)23-8-6-21(26-10-12-28-13-11-26)15-19(23)7-9-25(17-23)16-18-4-3-5-20(24)14-18/h3-5,14,19,21H,2,6-13,15-17H2,1H3/t19-,21-,23-/m1/s1. The summed E-state index contributed by atoms with van der Waals surface area (Å²) in [6.45, 7) is 8.71. The quantitative estimate of drug-likeness (QED) is 0.681. The highest BCUT2D eigenvalue weighted by Crippen LogP contribution is 2.48. The minimum absolute atomic E-state index is 0.0150. The molecule has 160 valence electrons. The lowest BCUT2D eigenvalue weighted by atomic mass is 9.61. The van der Waals surface area contributed by atoms with E-state index in [4.69, 9.17) is 21.1 Å². The Hall–Kier alpha value is -1.14. The molecule has 29 heavy (non-hydrogen) atoms. The molecule has 2 saturated heterocycles. The molecule has 0 aromatic heterocycles. The first-order valence-electron chi connectivity index (χ1n) is 11.1. The van der Waals surface area contributed by atoms with Crippen LogP contribution in [0.1, 0.15) is 38.2 Å². The highest BCUT2D eigenvalue weighted by atomic mass is 35.5. The van der Waals surface area contributed by atoms with Crippen LogP contribution < -0.4 is 0 Å². The van der Waals surface area contributed by atoms with Gasteiger partial charge in [-0.2, -0.15) is 0 Å². The van der Waals surface area contributed by atoms with Crippen LogP contribution in [0.2, 0.25) is 5.02 Å². The van der Waals surface area contributed by atoms with Crippen LogP contribution in [0, 0.1) is 11.3 Å². The van der Waals surface area contributed by atoms with Crippen LogP contribution >= 0.6 is 11.6 Å². The van der Waals surface area contributed by atoms with Gasteiger partial charge in [0, 0.05) is 37.2 Å². The van der Waals surface area contributed by atoms with E-state index in [1.165, 1.54) is 5.56 Å². The topological polar surface area (TPSA) is 42.0 Å². The summed E-state index contributed by atoms with van der Waals surface area (Å²) in [5, 5.41) is 0.767. The molecule has 0 bridgehead atoms. The second kappa shape index (κ2) is 9.34. The van der Waals surface area contributed by atoms with Gasteiger partial charge in [0.25, 0.3) is 0 Å². The second-order valence-electron chi connectivity index (χ2n) is 8.78. The van der Waals surface area contributed by atoms with Crippen LogP contribution in [0.5, 0.6) is 0 Å². The molecular weight excluding hydrogens is 388 g/mol. The molecule has 5 nitrogen and oxygen atoms in total. The predicted molar refractivity (Wildman–Crippen MR) is 114 cm³/mol. The van der Waals surface area contributed by atoms with Crippen molar-refractivity contribution in [1.29, 1.82) is 0 Å². The van der Waals surface area contributed by atoms with Gasteiger partial charge in [-0.25, -0.2) is 0 Å². The SMILES string of the molecule is CCOC(=O)[C@@]12CC[C@@H](N3CCOCC3)C[C@H]1CCN(Cc1cccc(Cl)c1)C2. The number of ether oxygens (including phenoxy) is 2. The van der Waals surface area contributed by atoms with Crippen molar-refractivity contribution in [3.63, 3.8) is 0 Å². The van der Waals surface area contributed by atoms with E-state index >= 15 is 0 Å². The summed E-state index contributed by atoms with van der Waals surface area (Å²) in [6.07, 6.45) is 4.15. The number of piperidine rings is 1. The number of carbonyl (C=O) groups is 1. The van der Waals surface area contributed by atoms with Crippen LogP contribution in [0.4, 0.5) is 0 Å². The summed E-state index contributed by atoms with van der Waals surface area (Å²) in [4.78, 5) is 18.2.